The van der Waals surface area contributed by atoms with Crippen molar-refractivity contribution in [1.29, 1.82) is 0 Å². The molecule has 0 bridgehead atoms. The Hall–Kier alpha value is -3.21. The van der Waals surface area contributed by atoms with Gasteiger partial charge in [-0.2, -0.15) is 13.2 Å². The topological polar surface area (TPSA) is 67.6 Å². The number of aromatic nitrogens is 2. The van der Waals surface area contributed by atoms with Gasteiger partial charge in [-0.25, -0.2) is 23.1 Å². The lowest BCUT2D eigenvalue weighted by Gasteiger charge is -2.31. The number of rotatable bonds is 7. The standard InChI is InChI=1S/C23H21F6N3O2/c1-4-13(15-6-5-14(24)7-19(15)34-3)9-22(33,23(27,28)29)11-31-18-8-17(25)20(26)21-16(18)10-30-12(2)32-21/h5-8,10-11,13,33H,4,9H2,1-3H3. The average molecular weight is 485 g/mol. The highest BCUT2D eigenvalue weighted by atomic mass is 19.4. The van der Waals surface area contributed by atoms with Crippen LogP contribution in [0.4, 0.5) is 32.0 Å². The highest BCUT2D eigenvalue weighted by Crippen LogP contribution is 2.41. The zero-order valence-electron chi connectivity index (χ0n) is 18.4. The van der Waals surface area contributed by atoms with Crippen molar-refractivity contribution in [1.82, 2.24) is 9.97 Å². The molecule has 0 saturated heterocycles. The summed E-state index contributed by atoms with van der Waals surface area (Å²) in [5.41, 5.74) is -4.01. The van der Waals surface area contributed by atoms with Crippen LogP contribution in [-0.2, 0) is 0 Å². The number of benzene rings is 2. The lowest BCUT2D eigenvalue weighted by atomic mass is 9.84. The predicted octanol–water partition coefficient (Wildman–Crippen LogP) is 5.94. The Morgan fingerprint density at radius 2 is 1.88 bits per heavy atom. The van der Waals surface area contributed by atoms with E-state index in [-0.39, 0.29) is 40.8 Å². The number of aliphatic imine (C=N–C) groups is 1. The van der Waals surface area contributed by atoms with E-state index in [1.54, 1.807) is 6.92 Å². The molecule has 0 radical (unpaired) electrons. The molecule has 5 nitrogen and oxygen atoms in total. The normalized spacial score (nSPS) is 15.0. The number of fused-ring (bicyclic) bond motifs is 1. The summed E-state index contributed by atoms with van der Waals surface area (Å²) >= 11 is 0. The number of methoxy groups -OCH3 is 1. The number of nitrogens with zero attached hydrogens (tertiary/aromatic N) is 3. The second-order valence-electron chi connectivity index (χ2n) is 7.75. The maximum absolute atomic E-state index is 14.1. The molecule has 0 aliphatic rings. The summed E-state index contributed by atoms with van der Waals surface area (Å²) in [6, 6.07) is 4.01. The molecule has 182 valence electrons. The van der Waals surface area contributed by atoms with E-state index in [1.165, 1.54) is 20.1 Å². The summed E-state index contributed by atoms with van der Waals surface area (Å²) in [6.07, 6.45) is -4.54. The van der Waals surface area contributed by atoms with Gasteiger partial charge in [0.25, 0.3) is 0 Å². The van der Waals surface area contributed by atoms with Crippen LogP contribution in [0.25, 0.3) is 10.9 Å². The number of hydrogen-bond acceptors (Lipinski definition) is 5. The van der Waals surface area contributed by atoms with E-state index in [2.05, 4.69) is 15.0 Å². The zero-order chi connectivity index (χ0) is 25.3. The molecule has 34 heavy (non-hydrogen) atoms. The number of aryl methyl sites for hydroxylation is 1. The molecule has 0 amide bonds. The Bertz CT molecular complexity index is 1230. The van der Waals surface area contributed by atoms with Crippen LogP contribution < -0.4 is 4.74 Å². The van der Waals surface area contributed by atoms with E-state index < -0.39 is 47.1 Å². The molecule has 0 fully saturated rings. The first-order valence-electron chi connectivity index (χ1n) is 10.2. The summed E-state index contributed by atoms with van der Waals surface area (Å²) in [5, 5.41) is 10.5. The maximum Gasteiger partial charge on any atom is 0.422 e. The number of aliphatic hydroxyl groups is 1. The van der Waals surface area contributed by atoms with Gasteiger partial charge in [-0.1, -0.05) is 13.0 Å². The summed E-state index contributed by atoms with van der Waals surface area (Å²) in [6.45, 7) is 3.04. The van der Waals surface area contributed by atoms with Gasteiger partial charge in [-0.3, -0.25) is 4.99 Å². The SMILES string of the molecule is CCC(CC(O)(C=Nc1cc(F)c(F)c2nc(C)ncc12)C(F)(F)F)c1ccc(F)cc1OC. The van der Waals surface area contributed by atoms with E-state index in [0.717, 1.165) is 18.3 Å². The van der Waals surface area contributed by atoms with Gasteiger partial charge >= 0.3 is 6.18 Å². The van der Waals surface area contributed by atoms with E-state index in [4.69, 9.17) is 4.74 Å². The van der Waals surface area contributed by atoms with Crippen LogP contribution in [0, 0.1) is 24.4 Å². The smallest absolute Gasteiger partial charge is 0.422 e. The Kier molecular flexibility index (Phi) is 7.15. The average Bonchev–Trinajstić information content (AvgIpc) is 2.78. The fraction of sp³-hybridized carbons (Fsp3) is 0.348. The van der Waals surface area contributed by atoms with Crippen molar-refractivity contribution in [2.45, 2.75) is 44.4 Å². The molecular formula is C23H21F6N3O2. The Balaban J connectivity index is 2.07. The monoisotopic (exact) mass is 485 g/mol. The van der Waals surface area contributed by atoms with Gasteiger partial charge in [0.15, 0.2) is 17.2 Å². The third kappa shape index (κ3) is 4.98. The molecule has 3 rings (SSSR count). The molecule has 2 aromatic carbocycles. The molecule has 11 heteroatoms. The molecule has 0 spiro atoms. The molecule has 1 N–H and O–H groups in total. The first-order valence-corrected chi connectivity index (χ1v) is 10.2. The maximum atomic E-state index is 14.1. The van der Waals surface area contributed by atoms with E-state index in [0.29, 0.717) is 6.07 Å². The second kappa shape index (κ2) is 9.57. The molecular weight excluding hydrogens is 464 g/mol. The zero-order valence-corrected chi connectivity index (χ0v) is 18.4. The van der Waals surface area contributed by atoms with Gasteiger partial charge in [-0.05, 0) is 37.3 Å². The molecule has 0 saturated carbocycles. The largest absolute Gasteiger partial charge is 0.496 e. The highest BCUT2D eigenvalue weighted by Gasteiger charge is 2.53. The van der Waals surface area contributed by atoms with Gasteiger partial charge in [0.1, 0.15) is 22.9 Å². The minimum Gasteiger partial charge on any atom is -0.496 e. The molecule has 0 aliphatic carbocycles. The lowest BCUT2D eigenvalue weighted by Crippen LogP contribution is -2.47. The number of hydrogen-bond donors (Lipinski definition) is 1. The highest BCUT2D eigenvalue weighted by molar-refractivity contribution is 5.92. The van der Waals surface area contributed by atoms with Gasteiger partial charge in [0.2, 0.25) is 0 Å². The van der Waals surface area contributed by atoms with Crippen LogP contribution in [0.1, 0.15) is 37.1 Å². The van der Waals surface area contributed by atoms with Crippen LogP contribution >= 0.6 is 0 Å². The first kappa shape index (κ1) is 25.4. The van der Waals surface area contributed by atoms with Gasteiger partial charge < -0.3 is 9.84 Å². The molecule has 0 aliphatic heterocycles. The van der Waals surface area contributed by atoms with Crippen molar-refractivity contribution in [3.63, 3.8) is 0 Å². The van der Waals surface area contributed by atoms with Crippen molar-refractivity contribution in [3.05, 3.63) is 59.3 Å². The summed E-state index contributed by atoms with van der Waals surface area (Å²) < 4.78 is 88.8. The first-order chi connectivity index (χ1) is 15.9. The van der Waals surface area contributed by atoms with Crippen molar-refractivity contribution >= 4 is 22.8 Å². The minimum atomic E-state index is -5.17. The molecule has 1 aromatic heterocycles. The van der Waals surface area contributed by atoms with Crippen LogP contribution in [0.15, 0.2) is 35.5 Å². The molecule has 3 aromatic rings. The Labute approximate surface area is 191 Å². The Morgan fingerprint density at radius 1 is 1.18 bits per heavy atom. The van der Waals surface area contributed by atoms with E-state index in [9.17, 15) is 31.4 Å². The van der Waals surface area contributed by atoms with Gasteiger partial charge in [0.05, 0.1) is 12.8 Å². The third-order valence-electron chi connectivity index (χ3n) is 5.46. The van der Waals surface area contributed by atoms with Crippen molar-refractivity contribution in [2.24, 2.45) is 4.99 Å². The fourth-order valence-corrected chi connectivity index (χ4v) is 3.60. The molecule has 2 unspecified atom stereocenters. The van der Waals surface area contributed by atoms with E-state index >= 15 is 0 Å². The van der Waals surface area contributed by atoms with Crippen molar-refractivity contribution in [3.8, 4) is 5.75 Å². The number of alkyl halides is 3. The number of halogens is 6. The van der Waals surface area contributed by atoms with Gasteiger partial charge in [0, 0.05) is 29.9 Å². The van der Waals surface area contributed by atoms with Crippen LogP contribution in [-0.4, -0.2) is 40.2 Å². The Morgan fingerprint density at radius 3 is 2.50 bits per heavy atom. The quantitative estimate of drug-likeness (QED) is 0.332. The molecule has 1 heterocycles. The predicted molar refractivity (Wildman–Crippen MR) is 114 cm³/mol. The van der Waals surface area contributed by atoms with Crippen LogP contribution in [0.2, 0.25) is 0 Å². The fourth-order valence-electron chi connectivity index (χ4n) is 3.60. The van der Waals surface area contributed by atoms with E-state index in [1.807, 2.05) is 0 Å². The molecule has 2 atom stereocenters. The van der Waals surface area contributed by atoms with Crippen LogP contribution in [0.5, 0.6) is 5.75 Å². The summed E-state index contributed by atoms with van der Waals surface area (Å²) in [4.78, 5) is 11.3. The van der Waals surface area contributed by atoms with Gasteiger partial charge in [-0.15, -0.1) is 0 Å². The van der Waals surface area contributed by atoms with Crippen LogP contribution in [0.3, 0.4) is 0 Å². The third-order valence-corrected chi connectivity index (χ3v) is 5.46. The second-order valence-corrected chi connectivity index (χ2v) is 7.75. The minimum absolute atomic E-state index is 0.0347. The lowest BCUT2D eigenvalue weighted by molar-refractivity contribution is -0.232. The summed E-state index contributed by atoms with van der Waals surface area (Å²) in [5.74, 6) is -4.03. The number of ether oxygens (including phenoxy) is 1. The van der Waals surface area contributed by atoms with Crippen molar-refractivity contribution in [2.75, 3.05) is 7.11 Å². The van der Waals surface area contributed by atoms with Crippen molar-refractivity contribution < 1.29 is 36.2 Å². The summed E-state index contributed by atoms with van der Waals surface area (Å²) in [7, 11) is 1.25.